The molecule has 3 N–H and O–H groups in total. The number of pyridine rings is 1. The van der Waals surface area contributed by atoms with Crippen LogP contribution in [0.4, 0.5) is 17.1 Å². The number of anilines is 3. The molecule has 1 atom stereocenters. The Balaban J connectivity index is 1.55. The summed E-state index contributed by atoms with van der Waals surface area (Å²) in [5, 5.41) is 6.57. The lowest BCUT2D eigenvalue weighted by Crippen LogP contribution is -2.51. The molecule has 4 heterocycles. The Morgan fingerprint density at radius 3 is 3.00 bits per heavy atom. The number of benzene rings is 1. The van der Waals surface area contributed by atoms with Crippen LogP contribution in [0.3, 0.4) is 0 Å². The largest absolute Gasteiger partial charge is 0.481 e. The smallest absolute Gasteiger partial charge is 0.351 e. The van der Waals surface area contributed by atoms with Crippen molar-refractivity contribution in [2.75, 3.05) is 29.4 Å². The summed E-state index contributed by atoms with van der Waals surface area (Å²) in [7, 11) is 1.60. The van der Waals surface area contributed by atoms with Gasteiger partial charge in [-0.2, -0.15) is 0 Å². The third-order valence-corrected chi connectivity index (χ3v) is 4.87. The van der Waals surface area contributed by atoms with Gasteiger partial charge in [0.2, 0.25) is 5.88 Å². The molecule has 2 bridgehead atoms. The number of aromatic nitrogens is 1. The molecule has 0 radical (unpaired) electrons. The van der Waals surface area contributed by atoms with Gasteiger partial charge < -0.3 is 20.1 Å². The van der Waals surface area contributed by atoms with Crippen LogP contribution in [0.5, 0.6) is 11.6 Å². The van der Waals surface area contributed by atoms with E-state index in [1.165, 1.54) is 0 Å². The number of fused-ring (bicyclic) bond motifs is 3. The number of allylic oxidation sites excluding steroid dienone is 1. The fourth-order valence-corrected chi connectivity index (χ4v) is 3.51. The number of rotatable bonds is 4. The van der Waals surface area contributed by atoms with Crippen LogP contribution in [-0.2, 0) is 4.84 Å². The van der Waals surface area contributed by atoms with E-state index < -0.39 is 5.97 Å². The van der Waals surface area contributed by atoms with Crippen LogP contribution in [0.15, 0.2) is 46.8 Å². The molecule has 9 heteroatoms. The predicted molar refractivity (Wildman–Crippen MR) is 105 cm³/mol. The van der Waals surface area contributed by atoms with Gasteiger partial charge in [0, 0.05) is 17.4 Å². The van der Waals surface area contributed by atoms with Crippen LogP contribution in [0.2, 0.25) is 0 Å². The Kier molecular flexibility index (Phi) is 3.59. The second-order valence-electron chi connectivity index (χ2n) is 6.76. The molecule has 1 aromatic carbocycles. The van der Waals surface area contributed by atoms with Crippen LogP contribution in [-0.4, -0.2) is 31.0 Å². The summed E-state index contributed by atoms with van der Waals surface area (Å²) in [5.41, 5.74) is 7.46. The fourth-order valence-electron chi connectivity index (χ4n) is 3.51. The molecule has 0 amide bonds. The molecule has 3 aliphatic heterocycles. The number of nitrogens with zero attached hydrogens (tertiary/aromatic N) is 3. The first-order chi connectivity index (χ1) is 13.6. The number of ether oxygens (including phenoxy) is 2. The number of hydrogen-bond acceptors (Lipinski definition) is 9. The van der Waals surface area contributed by atoms with Crippen LogP contribution in [0.25, 0.3) is 0 Å². The highest BCUT2D eigenvalue weighted by atomic mass is 16.7. The van der Waals surface area contributed by atoms with E-state index in [1.807, 2.05) is 43.0 Å². The summed E-state index contributed by atoms with van der Waals surface area (Å²) < 4.78 is 10.8. The molecule has 1 aromatic heterocycles. The maximum Gasteiger partial charge on any atom is 0.351 e. The van der Waals surface area contributed by atoms with Gasteiger partial charge in [0.1, 0.15) is 11.6 Å². The summed E-state index contributed by atoms with van der Waals surface area (Å²) in [4.78, 5) is 16.9. The first-order valence-corrected chi connectivity index (χ1v) is 8.89. The van der Waals surface area contributed by atoms with Crippen molar-refractivity contribution in [1.29, 1.82) is 0 Å². The van der Waals surface area contributed by atoms with Crippen LogP contribution in [0, 0.1) is 6.92 Å². The number of aliphatic imine (C=N–C) groups is 1. The molecule has 0 aliphatic carbocycles. The first kappa shape index (κ1) is 16.7. The van der Waals surface area contributed by atoms with Crippen LogP contribution >= 0.6 is 0 Å². The van der Waals surface area contributed by atoms with Crippen molar-refractivity contribution < 1.29 is 14.3 Å². The number of methoxy groups -OCH3 is 1. The van der Waals surface area contributed by atoms with Gasteiger partial charge in [-0.15, -0.1) is 0 Å². The quantitative estimate of drug-likeness (QED) is 0.745. The minimum Gasteiger partial charge on any atom is -0.481 e. The lowest BCUT2D eigenvalue weighted by atomic mass is 10.2. The summed E-state index contributed by atoms with van der Waals surface area (Å²) in [5.74, 6) is 1.05. The maximum atomic E-state index is 5.92. The van der Waals surface area contributed by atoms with Gasteiger partial charge in [0.25, 0.3) is 0 Å². The molecule has 3 aliphatic rings. The number of nitrogens with one attached hydrogen (secondary N) is 3. The van der Waals surface area contributed by atoms with E-state index in [2.05, 4.69) is 26.1 Å². The summed E-state index contributed by atoms with van der Waals surface area (Å²) in [6.07, 6.45) is 3.48. The van der Waals surface area contributed by atoms with E-state index in [1.54, 1.807) is 19.5 Å². The monoisotopic (exact) mass is 380 g/mol. The van der Waals surface area contributed by atoms with E-state index in [-0.39, 0.29) is 0 Å². The first-order valence-electron chi connectivity index (χ1n) is 8.89. The molecular formula is C19H20N6O3. The lowest BCUT2D eigenvalue weighted by molar-refractivity contribution is -0.0214. The van der Waals surface area contributed by atoms with E-state index >= 15 is 0 Å². The van der Waals surface area contributed by atoms with Crippen molar-refractivity contribution in [3.05, 3.63) is 47.4 Å². The van der Waals surface area contributed by atoms with Gasteiger partial charge in [-0.05, 0) is 38.1 Å². The van der Waals surface area contributed by atoms with Crippen molar-refractivity contribution in [3.63, 3.8) is 0 Å². The Morgan fingerprint density at radius 2 is 2.18 bits per heavy atom. The molecule has 0 spiro atoms. The van der Waals surface area contributed by atoms with Crippen molar-refractivity contribution in [3.8, 4) is 11.6 Å². The van der Waals surface area contributed by atoms with Crippen molar-refractivity contribution in [2.45, 2.75) is 19.8 Å². The third kappa shape index (κ3) is 2.43. The highest BCUT2D eigenvalue weighted by molar-refractivity contribution is 5.84. The Hall–Kier alpha value is -3.46. The Bertz CT molecular complexity index is 1020. The minimum atomic E-state index is -1.18. The molecule has 28 heavy (non-hydrogen) atoms. The van der Waals surface area contributed by atoms with Gasteiger partial charge in [-0.25, -0.2) is 20.3 Å². The van der Waals surface area contributed by atoms with E-state index in [0.717, 1.165) is 39.8 Å². The van der Waals surface area contributed by atoms with Crippen molar-refractivity contribution >= 4 is 23.3 Å². The van der Waals surface area contributed by atoms with Gasteiger partial charge in [-0.1, -0.05) is 0 Å². The highest BCUT2D eigenvalue weighted by Gasteiger charge is 2.49. The Labute approximate surface area is 162 Å². The van der Waals surface area contributed by atoms with Gasteiger partial charge in [-0.3, -0.25) is 4.90 Å². The normalized spacial score (nSPS) is 21.8. The third-order valence-electron chi connectivity index (χ3n) is 4.87. The van der Waals surface area contributed by atoms with E-state index in [0.29, 0.717) is 12.6 Å². The van der Waals surface area contributed by atoms with E-state index in [4.69, 9.17) is 14.3 Å². The zero-order valence-corrected chi connectivity index (χ0v) is 15.7. The second-order valence-corrected chi connectivity index (χ2v) is 6.76. The molecule has 5 rings (SSSR count). The zero-order chi connectivity index (χ0) is 19.3. The molecular weight excluding hydrogens is 360 g/mol. The molecule has 1 unspecified atom stereocenters. The second kappa shape index (κ2) is 6.03. The highest BCUT2D eigenvalue weighted by Crippen LogP contribution is 2.42. The fraction of sp³-hybridized carbons (Fsp3) is 0.263. The number of hydrogen-bond donors (Lipinski definition) is 3. The summed E-state index contributed by atoms with van der Waals surface area (Å²) in [6.45, 7) is 4.38. The maximum absolute atomic E-state index is 5.92. The number of hydroxylamine groups is 1. The molecule has 9 nitrogen and oxygen atoms in total. The van der Waals surface area contributed by atoms with Crippen molar-refractivity contribution in [1.82, 2.24) is 10.5 Å². The molecule has 0 saturated carbocycles. The molecule has 1 fully saturated rings. The van der Waals surface area contributed by atoms with E-state index in [9.17, 15) is 0 Å². The number of aryl methyl sites for hydroxylation is 1. The van der Waals surface area contributed by atoms with Crippen LogP contribution < -0.4 is 30.5 Å². The zero-order valence-electron chi connectivity index (χ0n) is 15.7. The average Bonchev–Trinajstić information content (AvgIpc) is 3.27. The Morgan fingerprint density at radius 1 is 1.29 bits per heavy atom. The standard InChI is InChI=1S/C19H20N6O3/c1-11-6-13(9-20-18(11)26-3)23-19-22-8-12(2)17(24-28-19)25(19)14-4-5-16-15(7-14)21-10-27-16/h4-9,21,23-24H,10H2,1-3H3. The molecule has 2 aromatic rings. The summed E-state index contributed by atoms with van der Waals surface area (Å²) >= 11 is 0. The van der Waals surface area contributed by atoms with Gasteiger partial charge in [0.05, 0.1) is 30.4 Å². The van der Waals surface area contributed by atoms with Crippen LogP contribution in [0.1, 0.15) is 12.5 Å². The lowest BCUT2D eigenvalue weighted by Gasteiger charge is -2.36. The van der Waals surface area contributed by atoms with Gasteiger partial charge in [0.15, 0.2) is 6.73 Å². The summed E-state index contributed by atoms with van der Waals surface area (Å²) in [6, 6.07) is 7.87. The van der Waals surface area contributed by atoms with Crippen molar-refractivity contribution in [2.24, 2.45) is 4.99 Å². The van der Waals surface area contributed by atoms with Gasteiger partial charge >= 0.3 is 5.97 Å². The molecule has 144 valence electrons. The SMILES string of the molecule is COc1ncc(NC23N=CC(C)=C(NO2)N3c2ccc3c(c2)NCO3)cc1C. The topological polar surface area (TPSA) is 92.3 Å². The minimum absolute atomic E-state index is 0.466. The molecule has 1 saturated heterocycles. The average molecular weight is 380 g/mol. The predicted octanol–water partition coefficient (Wildman–Crippen LogP) is 2.54.